The van der Waals surface area contributed by atoms with Crippen molar-refractivity contribution in [2.75, 3.05) is 5.32 Å². The predicted molar refractivity (Wildman–Crippen MR) is 68.3 cm³/mol. The van der Waals surface area contributed by atoms with Crippen LogP contribution in [-0.2, 0) is 0 Å². The molecule has 0 spiro atoms. The highest BCUT2D eigenvalue weighted by Gasteiger charge is 2.11. The predicted octanol–water partition coefficient (Wildman–Crippen LogP) is 3.43. The van der Waals surface area contributed by atoms with Crippen LogP contribution >= 0.6 is 11.6 Å². The van der Waals surface area contributed by atoms with E-state index in [2.05, 4.69) is 10.3 Å². The number of anilines is 1. The van der Waals surface area contributed by atoms with Crippen LogP contribution in [0.25, 0.3) is 0 Å². The van der Waals surface area contributed by atoms with Gasteiger partial charge in [0.1, 0.15) is 0 Å². The summed E-state index contributed by atoms with van der Waals surface area (Å²) in [5, 5.41) is 3.12. The number of hydrogen-bond acceptors (Lipinski definition) is 2. The number of pyridine rings is 1. The number of amides is 1. The van der Waals surface area contributed by atoms with E-state index in [9.17, 15) is 9.18 Å². The standard InChI is InChI=1S/C13H10ClFN2O/c1-8-2-3-9(6-11(8)14)17-13(18)10-4-5-16-7-12(10)15/h2-7H,1H3,(H,17,18). The maximum Gasteiger partial charge on any atom is 0.258 e. The van der Waals surface area contributed by atoms with E-state index in [1.54, 1.807) is 18.2 Å². The van der Waals surface area contributed by atoms with Crippen molar-refractivity contribution in [1.82, 2.24) is 4.98 Å². The Morgan fingerprint density at radius 1 is 1.39 bits per heavy atom. The van der Waals surface area contributed by atoms with Crippen molar-refractivity contribution < 1.29 is 9.18 Å². The maximum atomic E-state index is 13.3. The quantitative estimate of drug-likeness (QED) is 0.903. The summed E-state index contributed by atoms with van der Waals surface area (Å²) in [6.45, 7) is 1.86. The second-order valence-electron chi connectivity index (χ2n) is 3.77. The average molecular weight is 265 g/mol. The number of aromatic nitrogens is 1. The summed E-state index contributed by atoms with van der Waals surface area (Å²) in [4.78, 5) is 15.4. The van der Waals surface area contributed by atoms with E-state index in [4.69, 9.17) is 11.6 Å². The summed E-state index contributed by atoms with van der Waals surface area (Å²) >= 11 is 5.94. The minimum Gasteiger partial charge on any atom is -0.322 e. The van der Waals surface area contributed by atoms with Gasteiger partial charge >= 0.3 is 0 Å². The number of carbonyl (C=O) groups excluding carboxylic acids is 1. The van der Waals surface area contributed by atoms with Crippen LogP contribution in [-0.4, -0.2) is 10.9 Å². The number of aryl methyl sites for hydroxylation is 1. The fourth-order valence-electron chi connectivity index (χ4n) is 1.43. The Bertz CT molecular complexity index is 601. The Labute approximate surface area is 109 Å². The van der Waals surface area contributed by atoms with Crippen molar-refractivity contribution in [3.63, 3.8) is 0 Å². The fourth-order valence-corrected chi connectivity index (χ4v) is 1.61. The van der Waals surface area contributed by atoms with E-state index in [1.807, 2.05) is 6.92 Å². The molecule has 0 bridgehead atoms. The minimum absolute atomic E-state index is 0.0540. The SMILES string of the molecule is Cc1ccc(NC(=O)c2ccncc2F)cc1Cl. The van der Waals surface area contributed by atoms with E-state index in [0.717, 1.165) is 11.8 Å². The molecule has 1 N–H and O–H groups in total. The molecule has 0 fully saturated rings. The summed E-state index contributed by atoms with van der Waals surface area (Å²) in [6, 6.07) is 6.42. The fraction of sp³-hybridized carbons (Fsp3) is 0.0769. The molecule has 0 atom stereocenters. The molecule has 3 nitrogen and oxygen atoms in total. The Morgan fingerprint density at radius 2 is 2.17 bits per heavy atom. The topological polar surface area (TPSA) is 42.0 Å². The zero-order valence-electron chi connectivity index (χ0n) is 9.58. The first-order valence-corrected chi connectivity index (χ1v) is 5.63. The number of carbonyl (C=O) groups is 1. The Morgan fingerprint density at radius 3 is 2.83 bits per heavy atom. The van der Waals surface area contributed by atoms with Gasteiger partial charge in [-0.1, -0.05) is 17.7 Å². The third kappa shape index (κ3) is 2.65. The van der Waals surface area contributed by atoms with Crippen LogP contribution < -0.4 is 5.32 Å². The van der Waals surface area contributed by atoms with Crippen molar-refractivity contribution in [2.45, 2.75) is 6.92 Å². The molecule has 92 valence electrons. The smallest absolute Gasteiger partial charge is 0.258 e. The van der Waals surface area contributed by atoms with Gasteiger partial charge in [-0.25, -0.2) is 4.39 Å². The van der Waals surface area contributed by atoms with E-state index >= 15 is 0 Å². The van der Waals surface area contributed by atoms with Crippen molar-refractivity contribution in [3.8, 4) is 0 Å². The Kier molecular flexibility index (Phi) is 3.58. The number of nitrogens with one attached hydrogen (secondary N) is 1. The van der Waals surface area contributed by atoms with Gasteiger partial charge in [0.05, 0.1) is 11.8 Å². The summed E-state index contributed by atoms with van der Waals surface area (Å²) < 4.78 is 13.3. The first kappa shape index (κ1) is 12.5. The molecule has 0 radical (unpaired) electrons. The zero-order chi connectivity index (χ0) is 13.1. The Balaban J connectivity index is 2.22. The molecular formula is C13H10ClFN2O. The molecule has 0 aliphatic carbocycles. The number of nitrogens with zero attached hydrogens (tertiary/aromatic N) is 1. The molecule has 2 aromatic rings. The van der Waals surface area contributed by atoms with E-state index < -0.39 is 11.7 Å². The van der Waals surface area contributed by atoms with E-state index in [-0.39, 0.29) is 5.56 Å². The number of halogens is 2. The van der Waals surface area contributed by atoms with E-state index in [0.29, 0.717) is 10.7 Å². The van der Waals surface area contributed by atoms with Crippen LogP contribution in [0.1, 0.15) is 15.9 Å². The first-order valence-electron chi connectivity index (χ1n) is 5.25. The molecular weight excluding hydrogens is 255 g/mol. The lowest BCUT2D eigenvalue weighted by Gasteiger charge is -2.07. The molecule has 1 amide bonds. The molecule has 1 heterocycles. The number of benzene rings is 1. The van der Waals surface area contributed by atoms with Crippen LogP contribution in [0.4, 0.5) is 10.1 Å². The monoisotopic (exact) mass is 264 g/mol. The van der Waals surface area contributed by atoms with Crippen LogP contribution in [0.15, 0.2) is 36.7 Å². The van der Waals surface area contributed by atoms with E-state index in [1.165, 1.54) is 12.3 Å². The lowest BCUT2D eigenvalue weighted by atomic mass is 10.2. The molecule has 0 unspecified atom stereocenters. The molecule has 2 rings (SSSR count). The molecule has 0 saturated heterocycles. The largest absolute Gasteiger partial charge is 0.322 e. The van der Waals surface area contributed by atoms with Crippen molar-refractivity contribution >= 4 is 23.2 Å². The summed E-state index contributed by atoms with van der Waals surface area (Å²) in [6.07, 6.45) is 2.36. The van der Waals surface area contributed by atoms with Gasteiger partial charge in [0.2, 0.25) is 0 Å². The third-order valence-electron chi connectivity index (χ3n) is 2.45. The van der Waals surface area contributed by atoms with Gasteiger partial charge in [0, 0.05) is 16.9 Å². The van der Waals surface area contributed by atoms with Gasteiger partial charge in [-0.3, -0.25) is 9.78 Å². The minimum atomic E-state index is -0.659. The second kappa shape index (κ2) is 5.14. The first-order chi connectivity index (χ1) is 8.58. The second-order valence-corrected chi connectivity index (χ2v) is 4.18. The van der Waals surface area contributed by atoms with Crippen molar-refractivity contribution in [3.05, 3.63) is 58.6 Å². The van der Waals surface area contributed by atoms with Crippen LogP contribution in [0.2, 0.25) is 5.02 Å². The molecule has 0 aliphatic heterocycles. The van der Waals surface area contributed by atoms with Gasteiger partial charge in [0.15, 0.2) is 5.82 Å². The highest BCUT2D eigenvalue weighted by Crippen LogP contribution is 2.20. The number of rotatable bonds is 2. The molecule has 0 aliphatic rings. The van der Waals surface area contributed by atoms with Gasteiger partial charge in [-0.15, -0.1) is 0 Å². The highest BCUT2D eigenvalue weighted by molar-refractivity contribution is 6.31. The highest BCUT2D eigenvalue weighted by atomic mass is 35.5. The lowest BCUT2D eigenvalue weighted by Crippen LogP contribution is -2.13. The van der Waals surface area contributed by atoms with Crippen molar-refractivity contribution in [2.24, 2.45) is 0 Å². The van der Waals surface area contributed by atoms with Gasteiger partial charge < -0.3 is 5.32 Å². The summed E-state index contributed by atoms with van der Waals surface area (Å²) in [5.41, 5.74) is 1.37. The third-order valence-corrected chi connectivity index (χ3v) is 2.85. The molecule has 1 aromatic carbocycles. The lowest BCUT2D eigenvalue weighted by molar-refractivity contribution is 0.102. The maximum absolute atomic E-state index is 13.3. The summed E-state index contributed by atoms with van der Waals surface area (Å²) in [7, 11) is 0. The molecule has 1 aromatic heterocycles. The molecule has 18 heavy (non-hydrogen) atoms. The van der Waals surface area contributed by atoms with Crippen LogP contribution in [0.5, 0.6) is 0 Å². The van der Waals surface area contributed by atoms with Crippen LogP contribution in [0.3, 0.4) is 0 Å². The van der Waals surface area contributed by atoms with Crippen LogP contribution in [0, 0.1) is 12.7 Å². The number of hydrogen-bond donors (Lipinski definition) is 1. The van der Waals surface area contributed by atoms with Gasteiger partial charge in [-0.2, -0.15) is 0 Å². The van der Waals surface area contributed by atoms with Gasteiger partial charge in [-0.05, 0) is 30.7 Å². The van der Waals surface area contributed by atoms with Gasteiger partial charge in [0.25, 0.3) is 5.91 Å². The molecule has 5 heteroatoms. The Hall–Kier alpha value is -1.94. The zero-order valence-corrected chi connectivity index (χ0v) is 10.3. The summed E-state index contributed by atoms with van der Waals surface area (Å²) in [5.74, 6) is -1.19. The average Bonchev–Trinajstić information content (AvgIpc) is 2.34. The van der Waals surface area contributed by atoms with Crippen molar-refractivity contribution in [1.29, 1.82) is 0 Å². The normalized spacial score (nSPS) is 10.2. The molecule has 0 saturated carbocycles.